The first-order chi connectivity index (χ1) is 14.6. The smallest absolute Gasteiger partial charge is 0.206 e. The molecular weight excluding hydrogens is 470 g/mol. The molecule has 3 rings (SSSR count). The van der Waals surface area contributed by atoms with Crippen LogP contribution in [0.2, 0.25) is 0 Å². The van der Waals surface area contributed by atoms with Crippen LogP contribution in [-0.4, -0.2) is 50.5 Å². The molecule has 3 aromatic rings. The SMILES string of the molecule is COCCN=c1scc(-c2ccc(OC)cc2)n1N=Cc1cc(Br)c(O)c(OC)c1. The van der Waals surface area contributed by atoms with Gasteiger partial charge in [0.25, 0.3) is 0 Å². The summed E-state index contributed by atoms with van der Waals surface area (Å²) in [5, 5.41) is 16.7. The highest BCUT2D eigenvalue weighted by molar-refractivity contribution is 9.10. The van der Waals surface area contributed by atoms with Gasteiger partial charge in [0.05, 0.1) is 43.8 Å². The van der Waals surface area contributed by atoms with Crippen LogP contribution in [0.25, 0.3) is 11.3 Å². The van der Waals surface area contributed by atoms with Crippen molar-refractivity contribution >= 4 is 33.5 Å². The Labute approximate surface area is 187 Å². The maximum absolute atomic E-state index is 10.0. The number of ether oxygens (including phenoxy) is 3. The summed E-state index contributed by atoms with van der Waals surface area (Å²) in [5.74, 6) is 1.20. The van der Waals surface area contributed by atoms with Gasteiger partial charge < -0.3 is 19.3 Å². The number of benzene rings is 2. The molecule has 0 amide bonds. The van der Waals surface area contributed by atoms with Gasteiger partial charge in [0.2, 0.25) is 4.80 Å². The van der Waals surface area contributed by atoms with E-state index in [1.807, 2.05) is 29.6 Å². The molecule has 0 unspecified atom stereocenters. The number of methoxy groups -OCH3 is 3. The van der Waals surface area contributed by atoms with Crippen molar-refractivity contribution in [3.63, 3.8) is 0 Å². The third-order valence-corrected chi connectivity index (χ3v) is 5.67. The highest BCUT2D eigenvalue weighted by atomic mass is 79.9. The van der Waals surface area contributed by atoms with Crippen molar-refractivity contribution in [1.82, 2.24) is 4.68 Å². The van der Waals surface area contributed by atoms with Gasteiger partial charge in [-0.25, -0.2) is 4.68 Å². The van der Waals surface area contributed by atoms with E-state index in [0.29, 0.717) is 23.4 Å². The average Bonchev–Trinajstić information content (AvgIpc) is 3.17. The molecule has 0 aliphatic carbocycles. The zero-order chi connectivity index (χ0) is 21.5. The number of hydrogen-bond acceptors (Lipinski definition) is 7. The summed E-state index contributed by atoms with van der Waals surface area (Å²) in [6.07, 6.45) is 1.70. The van der Waals surface area contributed by atoms with Crippen molar-refractivity contribution in [2.24, 2.45) is 10.1 Å². The van der Waals surface area contributed by atoms with Gasteiger partial charge in [-0.15, -0.1) is 11.3 Å². The molecule has 0 saturated heterocycles. The molecule has 2 aromatic carbocycles. The van der Waals surface area contributed by atoms with Crippen LogP contribution in [0, 0.1) is 0 Å². The number of phenols is 1. The zero-order valence-corrected chi connectivity index (χ0v) is 19.2. The van der Waals surface area contributed by atoms with Gasteiger partial charge in [-0.2, -0.15) is 5.10 Å². The van der Waals surface area contributed by atoms with E-state index in [4.69, 9.17) is 14.2 Å². The Bertz CT molecular complexity index is 1090. The Balaban J connectivity index is 2.04. The molecular formula is C21H22BrN3O4S. The molecule has 158 valence electrons. The first-order valence-corrected chi connectivity index (χ1v) is 10.7. The maximum Gasteiger partial charge on any atom is 0.206 e. The summed E-state index contributed by atoms with van der Waals surface area (Å²) in [6, 6.07) is 11.3. The summed E-state index contributed by atoms with van der Waals surface area (Å²) in [7, 11) is 4.79. The van der Waals surface area contributed by atoms with Crippen molar-refractivity contribution in [1.29, 1.82) is 0 Å². The molecule has 0 aliphatic rings. The van der Waals surface area contributed by atoms with Crippen LogP contribution in [0.1, 0.15) is 5.56 Å². The van der Waals surface area contributed by atoms with Crippen molar-refractivity contribution in [2.45, 2.75) is 0 Å². The number of rotatable bonds is 8. The van der Waals surface area contributed by atoms with E-state index in [2.05, 4.69) is 26.0 Å². The van der Waals surface area contributed by atoms with E-state index in [1.165, 1.54) is 18.4 Å². The van der Waals surface area contributed by atoms with Crippen LogP contribution in [0.3, 0.4) is 0 Å². The van der Waals surface area contributed by atoms with Crippen LogP contribution >= 0.6 is 27.3 Å². The van der Waals surface area contributed by atoms with Gasteiger partial charge in [-0.3, -0.25) is 4.99 Å². The molecule has 0 aliphatic heterocycles. The summed E-state index contributed by atoms with van der Waals surface area (Å²) in [5.41, 5.74) is 2.65. The molecule has 0 radical (unpaired) electrons. The van der Waals surface area contributed by atoms with Crippen molar-refractivity contribution in [3.8, 4) is 28.5 Å². The molecule has 0 atom stereocenters. The minimum absolute atomic E-state index is 0.0482. The van der Waals surface area contributed by atoms with Crippen molar-refractivity contribution < 1.29 is 19.3 Å². The first kappa shape index (κ1) is 22.1. The minimum atomic E-state index is 0.0482. The standard InChI is InChI=1S/C21H22BrN3O4S/c1-27-9-8-23-21-25(18(13-30-21)15-4-6-16(28-2)7-5-15)24-12-14-10-17(22)20(26)19(11-14)29-3/h4-7,10-13,26H,8-9H2,1-3H3. The number of aromatic hydroxyl groups is 1. The third kappa shape index (κ3) is 5.10. The van der Waals surface area contributed by atoms with Crippen LogP contribution in [0.15, 0.2) is 56.3 Å². The summed E-state index contributed by atoms with van der Waals surface area (Å²) < 4.78 is 17.9. The number of thiazole rings is 1. The zero-order valence-electron chi connectivity index (χ0n) is 16.8. The summed E-state index contributed by atoms with van der Waals surface area (Å²) >= 11 is 4.84. The quantitative estimate of drug-likeness (QED) is 0.379. The lowest BCUT2D eigenvalue weighted by molar-refractivity contribution is 0.207. The Kier molecular flexibility index (Phi) is 7.67. The number of halogens is 1. The molecule has 1 heterocycles. The highest BCUT2D eigenvalue weighted by Gasteiger charge is 2.10. The second-order valence-electron chi connectivity index (χ2n) is 6.12. The fourth-order valence-electron chi connectivity index (χ4n) is 2.66. The van der Waals surface area contributed by atoms with Crippen LogP contribution < -0.4 is 14.3 Å². The fraction of sp³-hybridized carbons (Fsp3) is 0.238. The number of nitrogens with zero attached hydrogens (tertiary/aromatic N) is 3. The van der Waals surface area contributed by atoms with Crippen molar-refractivity contribution in [2.75, 3.05) is 34.5 Å². The number of hydrogen-bond donors (Lipinski definition) is 1. The normalized spacial score (nSPS) is 11.9. The maximum atomic E-state index is 10.0. The molecule has 7 nitrogen and oxygen atoms in total. The van der Waals surface area contributed by atoms with Crippen LogP contribution in [-0.2, 0) is 4.74 Å². The molecule has 0 spiro atoms. The summed E-state index contributed by atoms with van der Waals surface area (Å²) in [6.45, 7) is 1.06. The van der Waals surface area contributed by atoms with Gasteiger partial charge in [-0.05, 0) is 57.9 Å². The lowest BCUT2D eigenvalue weighted by Crippen LogP contribution is -2.13. The molecule has 1 N–H and O–H groups in total. The van der Waals surface area contributed by atoms with Gasteiger partial charge >= 0.3 is 0 Å². The van der Waals surface area contributed by atoms with E-state index in [1.54, 1.807) is 37.2 Å². The average molecular weight is 492 g/mol. The van der Waals surface area contributed by atoms with E-state index in [-0.39, 0.29) is 5.75 Å². The third-order valence-electron chi connectivity index (χ3n) is 4.21. The minimum Gasteiger partial charge on any atom is -0.503 e. The van der Waals surface area contributed by atoms with Gasteiger partial charge in [0, 0.05) is 18.1 Å². The Morgan fingerprint density at radius 1 is 1.13 bits per heavy atom. The molecule has 0 fully saturated rings. The predicted octanol–water partition coefficient (Wildman–Crippen LogP) is 4.13. The van der Waals surface area contributed by atoms with E-state index in [9.17, 15) is 5.11 Å². The van der Waals surface area contributed by atoms with Crippen molar-refractivity contribution in [3.05, 3.63) is 56.6 Å². The molecule has 0 saturated carbocycles. The van der Waals surface area contributed by atoms with Crippen LogP contribution in [0.4, 0.5) is 0 Å². The van der Waals surface area contributed by atoms with E-state index < -0.39 is 0 Å². The number of phenolic OH excluding ortho intramolecular Hbond substituents is 1. The topological polar surface area (TPSA) is 77.6 Å². The second kappa shape index (κ2) is 10.4. The lowest BCUT2D eigenvalue weighted by Gasteiger charge is -2.07. The van der Waals surface area contributed by atoms with E-state index in [0.717, 1.165) is 27.4 Å². The Morgan fingerprint density at radius 3 is 2.57 bits per heavy atom. The molecule has 9 heteroatoms. The van der Waals surface area contributed by atoms with Crippen LogP contribution in [0.5, 0.6) is 17.2 Å². The second-order valence-corrected chi connectivity index (χ2v) is 7.81. The van der Waals surface area contributed by atoms with Gasteiger partial charge in [-0.1, -0.05) is 0 Å². The predicted molar refractivity (Wildman–Crippen MR) is 122 cm³/mol. The Hall–Kier alpha value is -2.62. The fourth-order valence-corrected chi connectivity index (χ4v) is 3.98. The van der Waals surface area contributed by atoms with E-state index >= 15 is 0 Å². The largest absolute Gasteiger partial charge is 0.503 e. The Morgan fingerprint density at radius 2 is 1.90 bits per heavy atom. The summed E-state index contributed by atoms with van der Waals surface area (Å²) in [4.78, 5) is 5.35. The molecule has 0 bridgehead atoms. The first-order valence-electron chi connectivity index (χ1n) is 9.02. The van der Waals surface area contributed by atoms with Gasteiger partial charge in [0.15, 0.2) is 11.5 Å². The van der Waals surface area contributed by atoms with Gasteiger partial charge in [0.1, 0.15) is 5.75 Å². The molecule has 30 heavy (non-hydrogen) atoms. The lowest BCUT2D eigenvalue weighted by atomic mass is 10.2. The monoisotopic (exact) mass is 491 g/mol. The number of aromatic nitrogens is 1. The molecule has 1 aromatic heterocycles. The highest BCUT2D eigenvalue weighted by Crippen LogP contribution is 2.34.